The van der Waals surface area contributed by atoms with Crippen molar-refractivity contribution in [1.82, 2.24) is 15.1 Å². The van der Waals surface area contributed by atoms with E-state index in [0.717, 1.165) is 42.4 Å². The van der Waals surface area contributed by atoms with Crippen molar-refractivity contribution in [3.05, 3.63) is 143 Å². The average Bonchev–Trinajstić information content (AvgIpc) is 4.11. The van der Waals surface area contributed by atoms with Crippen LogP contribution in [0.15, 0.2) is 109 Å². The van der Waals surface area contributed by atoms with E-state index >= 15 is 0 Å². The number of primary amides is 2. The Hall–Kier alpha value is -5.36. The molecule has 58 heavy (non-hydrogen) atoms. The minimum Gasteiger partial charge on any atom is -0.481 e. The van der Waals surface area contributed by atoms with Crippen LogP contribution in [0.4, 0.5) is 0 Å². The van der Waals surface area contributed by atoms with Crippen molar-refractivity contribution < 1.29 is 24.3 Å². The number of nitrogens with one attached hydrogen (secondary N) is 1. The summed E-state index contributed by atoms with van der Waals surface area (Å²) in [5, 5.41) is 12.0. The SMILES string of the molecule is C.CN(C)[C@H](CN)Cc1ccc(C(N)=O)cc1.CN(C)[C@H](CNC(=O)[C@@H]1C[C@@]1(C)c1ccccc1)Cc1ccc(C(N)=O)cc1.C[C@@]1(c2ccccc2)C[C@H]1C(=O)O. The fraction of sp³-hybridized carbons (Fsp3) is 0.404. The first-order valence-electron chi connectivity index (χ1n) is 19.4. The van der Waals surface area contributed by atoms with Crippen molar-refractivity contribution >= 4 is 23.7 Å². The largest absolute Gasteiger partial charge is 0.481 e. The van der Waals surface area contributed by atoms with Gasteiger partial charge in [-0.05, 0) is 100 Å². The highest BCUT2D eigenvalue weighted by Gasteiger charge is 2.56. The van der Waals surface area contributed by atoms with Gasteiger partial charge in [0.15, 0.2) is 0 Å². The molecule has 0 unspecified atom stereocenters. The number of likely N-dealkylation sites (N-methyl/N-ethyl adjacent to an activating group) is 2. The molecule has 6 atom stereocenters. The zero-order chi connectivity index (χ0) is 41.9. The van der Waals surface area contributed by atoms with E-state index in [1.807, 2.05) is 108 Å². The number of amides is 3. The fourth-order valence-electron chi connectivity index (χ4n) is 7.16. The van der Waals surface area contributed by atoms with E-state index in [-0.39, 0.29) is 42.0 Å². The van der Waals surface area contributed by atoms with Crippen molar-refractivity contribution in [3.8, 4) is 0 Å². The van der Waals surface area contributed by atoms with E-state index in [4.69, 9.17) is 22.3 Å². The van der Waals surface area contributed by atoms with Crippen LogP contribution in [0.25, 0.3) is 0 Å². The number of benzene rings is 4. The summed E-state index contributed by atoms with van der Waals surface area (Å²) in [6.07, 6.45) is 3.33. The number of carbonyl (C=O) groups is 4. The van der Waals surface area contributed by atoms with Crippen LogP contribution in [-0.4, -0.2) is 92.0 Å². The normalized spacial score (nSPS) is 21.1. The Balaban J connectivity index is 0.000000254. The Morgan fingerprint density at radius 1 is 0.655 bits per heavy atom. The van der Waals surface area contributed by atoms with Gasteiger partial charge in [-0.25, -0.2) is 0 Å². The number of hydrogen-bond donors (Lipinski definition) is 5. The van der Waals surface area contributed by atoms with Crippen LogP contribution >= 0.6 is 0 Å². The van der Waals surface area contributed by atoms with Gasteiger partial charge in [-0.3, -0.25) is 19.2 Å². The summed E-state index contributed by atoms with van der Waals surface area (Å²) in [7, 11) is 8.05. The molecule has 0 aliphatic heterocycles. The van der Waals surface area contributed by atoms with Gasteiger partial charge in [0.2, 0.25) is 17.7 Å². The van der Waals surface area contributed by atoms with E-state index < -0.39 is 17.8 Å². The Morgan fingerprint density at radius 3 is 1.38 bits per heavy atom. The van der Waals surface area contributed by atoms with Crippen LogP contribution in [0, 0.1) is 11.8 Å². The molecule has 0 aromatic heterocycles. The summed E-state index contributed by atoms with van der Waals surface area (Å²) in [5.74, 6) is -1.51. The third kappa shape index (κ3) is 12.6. The molecule has 0 saturated heterocycles. The van der Waals surface area contributed by atoms with Crippen molar-refractivity contribution in [2.24, 2.45) is 29.0 Å². The summed E-state index contributed by atoms with van der Waals surface area (Å²) in [4.78, 5) is 49.8. The standard InChI is InChI=1S/C23H29N3O2.C12H19N3O.C11H12O2.CH4/c1-23(18-7-5-4-6-8-18)14-20(23)22(28)25-15-19(26(2)3)13-16-9-11-17(12-10-16)21(24)27;1-15(2)11(8-13)7-9-3-5-10(6-4-9)12(14)16;1-11(7-9(11)10(12)13)8-5-3-2-4-6-8;/h4-12,19-20H,13-15H2,1-3H3,(H2,24,27)(H,25,28);3-6,11H,7-8,13H2,1-2H3,(H2,14,16);2-6,9H,7H2,1H3,(H,12,13);1H4/t19-,20-,23-;11-;9-,11-;/m000./s1. The number of carboxylic acids is 1. The van der Waals surface area contributed by atoms with Crippen LogP contribution in [0.3, 0.4) is 0 Å². The van der Waals surface area contributed by atoms with Crippen LogP contribution in [0.5, 0.6) is 0 Å². The second-order valence-corrected chi connectivity index (χ2v) is 16.2. The third-order valence-corrected chi connectivity index (χ3v) is 11.6. The topological polar surface area (TPSA) is 185 Å². The maximum atomic E-state index is 12.7. The molecule has 11 nitrogen and oxygen atoms in total. The zero-order valence-electron chi connectivity index (χ0n) is 34.2. The maximum absolute atomic E-state index is 12.7. The second-order valence-electron chi connectivity index (χ2n) is 16.2. The first-order chi connectivity index (χ1) is 27.0. The fourth-order valence-corrected chi connectivity index (χ4v) is 7.16. The molecule has 0 heterocycles. The molecule has 2 fully saturated rings. The van der Waals surface area contributed by atoms with Gasteiger partial charge >= 0.3 is 5.97 Å². The molecular weight excluding hydrogens is 729 g/mol. The smallest absolute Gasteiger partial charge is 0.307 e. The van der Waals surface area contributed by atoms with Gasteiger partial charge in [0.05, 0.1) is 5.92 Å². The minimum atomic E-state index is -0.675. The van der Waals surface area contributed by atoms with E-state index in [0.29, 0.717) is 30.3 Å². The molecule has 0 radical (unpaired) electrons. The van der Waals surface area contributed by atoms with Gasteiger partial charge < -0.3 is 37.4 Å². The monoisotopic (exact) mass is 792 g/mol. The number of nitrogens with zero attached hydrogens (tertiary/aromatic N) is 2. The minimum absolute atomic E-state index is 0. The highest BCUT2D eigenvalue weighted by atomic mass is 16.4. The van der Waals surface area contributed by atoms with Gasteiger partial charge in [0, 0.05) is 53.0 Å². The molecule has 6 rings (SSSR count). The van der Waals surface area contributed by atoms with E-state index in [2.05, 4.69) is 34.2 Å². The van der Waals surface area contributed by atoms with Crippen LogP contribution in [-0.2, 0) is 33.3 Å². The molecule has 312 valence electrons. The van der Waals surface area contributed by atoms with Gasteiger partial charge in [0.1, 0.15) is 0 Å². The first-order valence-corrected chi connectivity index (χ1v) is 19.4. The third-order valence-electron chi connectivity index (χ3n) is 11.6. The van der Waals surface area contributed by atoms with E-state index in [9.17, 15) is 19.2 Å². The number of aliphatic carboxylic acids is 1. The average molecular weight is 793 g/mol. The molecule has 2 aliphatic rings. The molecule has 3 amide bonds. The molecule has 0 spiro atoms. The number of nitrogens with two attached hydrogens (primary N) is 3. The molecule has 11 heteroatoms. The molecular formula is C47H64N6O5. The van der Waals surface area contributed by atoms with Crippen LogP contribution in [0.1, 0.15) is 77.1 Å². The van der Waals surface area contributed by atoms with Crippen LogP contribution < -0.4 is 22.5 Å². The molecule has 2 saturated carbocycles. The number of carbonyl (C=O) groups excluding carboxylic acids is 3. The Morgan fingerprint density at radius 2 is 1.03 bits per heavy atom. The molecule has 4 aromatic rings. The first kappa shape index (κ1) is 47.0. The summed E-state index contributed by atoms with van der Waals surface area (Å²) < 4.78 is 0. The Kier molecular flexibility index (Phi) is 16.9. The lowest BCUT2D eigenvalue weighted by molar-refractivity contribution is -0.139. The van der Waals surface area contributed by atoms with Crippen molar-refractivity contribution in [3.63, 3.8) is 0 Å². The number of carboxylic acid groups (broad SMARTS) is 1. The summed E-state index contributed by atoms with van der Waals surface area (Å²) in [6.45, 7) is 5.38. The summed E-state index contributed by atoms with van der Waals surface area (Å²) in [5.41, 5.74) is 21.7. The molecule has 2 aliphatic carbocycles. The summed E-state index contributed by atoms with van der Waals surface area (Å²) >= 11 is 0. The van der Waals surface area contributed by atoms with E-state index in [1.165, 1.54) is 5.56 Å². The predicted molar refractivity (Wildman–Crippen MR) is 233 cm³/mol. The van der Waals surface area contributed by atoms with Crippen molar-refractivity contribution in [1.29, 1.82) is 0 Å². The van der Waals surface area contributed by atoms with E-state index in [1.54, 1.807) is 24.3 Å². The zero-order valence-corrected chi connectivity index (χ0v) is 34.2. The predicted octanol–water partition coefficient (Wildman–Crippen LogP) is 5.25. The van der Waals surface area contributed by atoms with Crippen molar-refractivity contribution in [2.45, 2.75) is 69.9 Å². The second kappa shape index (κ2) is 20.9. The van der Waals surface area contributed by atoms with Crippen LogP contribution in [0.2, 0.25) is 0 Å². The molecule has 4 aromatic carbocycles. The van der Waals surface area contributed by atoms with Gasteiger partial charge in [-0.2, -0.15) is 0 Å². The lowest BCUT2D eigenvalue weighted by Crippen LogP contribution is -2.42. The maximum Gasteiger partial charge on any atom is 0.307 e. The summed E-state index contributed by atoms with van der Waals surface area (Å²) in [6, 6.07) is 35.3. The molecule has 8 N–H and O–H groups in total. The van der Waals surface area contributed by atoms with Crippen molar-refractivity contribution in [2.75, 3.05) is 41.3 Å². The number of hydrogen-bond acceptors (Lipinski definition) is 7. The van der Waals surface area contributed by atoms with Gasteiger partial charge in [-0.15, -0.1) is 0 Å². The number of rotatable bonds is 15. The highest BCUT2D eigenvalue weighted by molar-refractivity contribution is 5.93. The van der Waals surface area contributed by atoms with Gasteiger partial charge in [-0.1, -0.05) is 106 Å². The molecule has 0 bridgehead atoms. The lowest BCUT2D eigenvalue weighted by Gasteiger charge is -2.25. The quantitative estimate of drug-likeness (QED) is 0.108. The Bertz CT molecular complexity index is 1940. The lowest BCUT2D eigenvalue weighted by atomic mass is 9.95. The Labute approximate surface area is 345 Å². The highest BCUT2D eigenvalue weighted by Crippen LogP contribution is 2.54. The van der Waals surface area contributed by atoms with Gasteiger partial charge in [0.25, 0.3) is 0 Å².